The first-order valence-electron chi connectivity index (χ1n) is 6.74. The fourth-order valence-electron chi connectivity index (χ4n) is 2.06. The van der Waals surface area contributed by atoms with E-state index < -0.39 is 5.97 Å². The predicted octanol–water partition coefficient (Wildman–Crippen LogP) is 5.64. The van der Waals surface area contributed by atoms with E-state index in [0.29, 0.717) is 5.02 Å². The number of carbonyl (C=O) groups is 1. The number of ether oxygens (including phenoxy) is 1. The van der Waals surface area contributed by atoms with Gasteiger partial charge in [-0.25, -0.2) is 9.78 Å². The summed E-state index contributed by atoms with van der Waals surface area (Å²) in [6.45, 7) is 1.85. The minimum atomic E-state index is -0.544. The number of esters is 1. The zero-order valence-corrected chi connectivity index (χ0v) is 14.4. The standard InChI is InChI=1S/C17H11Cl2NO2S/c1-10-20-15(16(23-10)11-5-3-2-4-6-11)17(21)22-14-8-7-12(18)9-13(14)19/h2-9H,1H3. The van der Waals surface area contributed by atoms with Gasteiger partial charge in [0.1, 0.15) is 5.75 Å². The highest BCUT2D eigenvalue weighted by Gasteiger charge is 2.21. The van der Waals surface area contributed by atoms with Gasteiger partial charge in [-0.2, -0.15) is 0 Å². The molecule has 0 aliphatic heterocycles. The van der Waals surface area contributed by atoms with Gasteiger partial charge in [-0.15, -0.1) is 11.3 Å². The molecule has 0 aliphatic rings. The molecular weight excluding hydrogens is 353 g/mol. The molecule has 3 nitrogen and oxygen atoms in total. The molecule has 0 aliphatic carbocycles. The summed E-state index contributed by atoms with van der Waals surface area (Å²) in [5.41, 5.74) is 1.21. The highest BCUT2D eigenvalue weighted by Crippen LogP contribution is 2.32. The molecule has 3 rings (SSSR count). The van der Waals surface area contributed by atoms with Crippen LogP contribution in [-0.2, 0) is 0 Å². The summed E-state index contributed by atoms with van der Waals surface area (Å²) in [6, 6.07) is 14.3. The number of nitrogens with zero attached hydrogens (tertiary/aromatic N) is 1. The number of carbonyl (C=O) groups excluding carboxylic acids is 1. The van der Waals surface area contributed by atoms with E-state index in [1.165, 1.54) is 17.4 Å². The summed E-state index contributed by atoms with van der Waals surface area (Å²) in [5.74, 6) is -0.289. The van der Waals surface area contributed by atoms with Crippen LogP contribution in [0.1, 0.15) is 15.5 Å². The van der Waals surface area contributed by atoms with E-state index in [9.17, 15) is 4.79 Å². The van der Waals surface area contributed by atoms with Crippen molar-refractivity contribution < 1.29 is 9.53 Å². The number of thiazole rings is 1. The topological polar surface area (TPSA) is 39.2 Å². The van der Waals surface area contributed by atoms with Gasteiger partial charge in [-0.05, 0) is 30.7 Å². The molecule has 0 unspecified atom stereocenters. The number of rotatable bonds is 3. The lowest BCUT2D eigenvalue weighted by Crippen LogP contribution is -2.10. The van der Waals surface area contributed by atoms with Crippen LogP contribution in [-0.4, -0.2) is 11.0 Å². The van der Waals surface area contributed by atoms with Crippen molar-refractivity contribution in [1.82, 2.24) is 4.98 Å². The molecule has 0 spiro atoms. The average molecular weight is 364 g/mol. The first kappa shape index (κ1) is 16.0. The largest absolute Gasteiger partial charge is 0.420 e. The fourth-order valence-corrected chi connectivity index (χ4v) is 3.42. The Hall–Kier alpha value is -1.88. The maximum atomic E-state index is 12.5. The summed E-state index contributed by atoms with van der Waals surface area (Å²) in [6.07, 6.45) is 0. The lowest BCUT2D eigenvalue weighted by atomic mass is 10.1. The number of aromatic nitrogens is 1. The molecule has 0 N–H and O–H groups in total. The fraction of sp³-hybridized carbons (Fsp3) is 0.0588. The molecule has 0 atom stereocenters. The molecule has 1 aromatic heterocycles. The number of halogens is 2. The van der Waals surface area contributed by atoms with Gasteiger partial charge in [0, 0.05) is 5.02 Å². The van der Waals surface area contributed by atoms with Gasteiger partial charge >= 0.3 is 5.97 Å². The first-order chi connectivity index (χ1) is 11.0. The average Bonchev–Trinajstić information content (AvgIpc) is 2.93. The Bertz CT molecular complexity index is 862. The van der Waals surface area contributed by atoms with Crippen LogP contribution in [0.4, 0.5) is 0 Å². The molecule has 0 bridgehead atoms. The molecule has 2 aromatic carbocycles. The molecular formula is C17H11Cl2NO2S. The summed E-state index contributed by atoms with van der Waals surface area (Å²) >= 11 is 13.3. The van der Waals surface area contributed by atoms with Crippen LogP contribution in [0.3, 0.4) is 0 Å². The van der Waals surface area contributed by atoms with Crippen molar-refractivity contribution in [3.63, 3.8) is 0 Å². The Kier molecular flexibility index (Phi) is 4.66. The van der Waals surface area contributed by atoms with Gasteiger partial charge in [-0.3, -0.25) is 0 Å². The molecule has 0 saturated heterocycles. The van der Waals surface area contributed by atoms with Crippen LogP contribution in [0.2, 0.25) is 10.0 Å². The molecule has 6 heteroatoms. The second-order valence-electron chi connectivity index (χ2n) is 4.74. The van der Waals surface area contributed by atoms with Gasteiger partial charge in [0.2, 0.25) is 0 Å². The Labute approximate surface area is 147 Å². The number of hydrogen-bond acceptors (Lipinski definition) is 4. The quantitative estimate of drug-likeness (QED) is 0.446. The smallest absolute Gasteiger partial charge is 0.363 e. The van der Waals surface area contributed by atoms with Crippen LogP contribution in [0.5, 0.6) is 5.75 Å². The molecule has 0 amide bonds. The first-order valence-corrected chi connectivity index (χ1v) is 8.32. The minimum absolute atomic E-state index is 0.255. The third-order valence-electron chi connectivity index (χ3n) is 3.06. The lowest BCUT2D eigenvalue weighted by Gasteiger charge is -2.06. The summed E-state index contributed by atoms with van der Waals surface area (Å²) in [4.78, 5) is 17.6. The van der Waals surface area contributed by atoms with Gasteiger partial charge in [0.25, 0.3) is 0 Å². The van der Waals surface area contributed by atoms with Gasteiger partial charge in [-0.1, -0.05) is 53.5 Å². The SMILES string of the molecule is Cc1nc(C(=O)Oc2ccc(Cl)cc2Cl)c(-c2ccccc2)s1. The van der Waals surface area contributed by atoms with E-state index in [1.807, 2.05) is 37.3 Å². The number of benzene rings is 2. The van der Waals surface area contributed by atoms with E-state index in [-0.39, 0.29) is 16.5 Å². The van der Waals surface area contributed by atoms with Crippen LogP contribution < -0.4 is 4.74 Å². The van der Waals surface area contributed by atoms with E-state index >= 15 is 0 Å². The molecule has 3 aromatic rings. The van der Waals surface area contributed by atoms with E-state index in [2.05, 4.69) is 4.98 Å². The van der Waals surface area contributed by atoms with Crippen molar-refractivity contribution in [3.05, 3.63) is 69.3 Å². The maximum Gasteiger partial charge on any atom is 0.363 e. The third kappa shape index (κ3) is 3.55. The monoisotopic (exact) mass is 363 g/mol. The molecule has 0 radical (unpaired) electrons. The van der Waals surface area contributed by atoms with Gasteiger partial charge in [0.15, 0.2) is 5.69 Å². The second kappa shape index (κ2) is 6.71. The van der Waals surface area contributed by atoms with Crippen molar-refractivity contribution in [2.45, 2.75) is 6.92 Å². The summed E-state index contributed by atoms with van der Waals surface area (Å²) in [5, 5.41) is 1.54. The van der Waals surface area contributed by atoms with Crippen LogP contribution in [0, 0.1) is 6.92 Å². The van der Waals surface area contributed by atoms with Gasteiger partial charge < -0.3 is 4.74 Å². The molecule has 23 heavy (non-hydrogen) atoms. The molecule has 1 heterocycles. The highest BCUT2D eigenvalue weighted by atomic mass is 35.5. The van der Waals surface area contributed by atoms with Crippen molar-refractivity contribution >= 4 is 40.5 Å². The van der Waals surface area contributed by atoms with E-state index in [0.717, 1.165) is 15.4 Å². The Balaban J connectivity index is 1.94. The third-order valence-corrected chi connectivity index (χ3v) is 4.61. The Morgan fingerprint density at radius 1 is 1.13 bits per heavy atom. The maximum absolute atomic E-state index is 12.5. The number of aryl methyl sites for hydroxylation is 1. The molecule has 0 saturated carbocycles. The van der Waals surface area contributed by atoms with Gasteiger partial charge in [0.05, 0.1) is 14.9 Å². The summed E-state index contributed by atoms with van der Waals surface area (Å²) in [7, 11) is 0. The highest BCUT2D eigenvalue weighted by molar-refractivity contribution is 7.15. The van der Waals surface area contributed by atoms with Crippen molar-refractivity contribution in [3.8, 4) is 16.2 Å². The second-order valence-corrected chi connectivity index (χ2v) is 6.79. The Morgan fingerprint density at radius 3 is 2.57 bits per heavy atom. The van der Waals surface area contributed by atoms with Crippen molar-refractivity contribution in [1.29, 1.82) is 0 Å². The lowest BCUT2D eigenvalue weighted by molar-refractivity contribution is 0.0730. The van der Waals surface area contributed by atoms with Crippen LogP contribution in [0.15, 0.2) is 48.5 Å². The zero-order chi connectivity index (χ0) is 16.4. The molecule has 116 valence electrons. The zero-order valence-electron chi connectivity index (χ0n) is 12.0. The Morgan fingerprint density at radius 2 is 1.87 bits per heavy atom. The van der Waals surface area contributed by atoms with Crippen molar-refractivity contribution in [2.75, 3.05) is 0 Å². The predicted molar refractivity (Wildman–Crippen MR) is 93.7 cm³/mol. The van der Waals surface area contributed by atoms with E-state index in [1.54, 1.807) is 12.1 Å². The van der Waals surface area contributed by atoms with Crippen LogP contribution in [0.25, 0.3) is 10.4 Å². The molecule has 0 fully saturated rings. The van der Waals surface area contributed by atoms with Crippen LogP contribution >= 0.6 is 34.5 Å². The van der Waals surface area contributed by atoms with Crippen molar-refractivity contribution in [2.24, 2.45) is 0 Å². The minimum Gasteiger partial charge on any atom is -0.420 e. The normalized spacial score (nSPS) is 10.6. The van der Waals surface area contributed by atoms with E-state index in [4.69, 9.17) is 27.9 Å². The number of hydrogen-bond donors (Lipinski definition) is 0. The summed E-state index contributed by atoms with van der Waals surface area (Å²) < 4.78 is 5.38.